The van der Waals surface area contributed by atoms with Crippen LogP contribution in [0.15, 0.2) is 30.5 Å². The topological polar surface area (TPSA) is 64.3 Å². The second-order valence-electron chi connectivity index (χ2n) is 4.41. The third kappa shape index (κ3) is 3.37. The molecule has 2 N–H and O–H groups in total. The molecule has 0 aliphatic heterocycles. The fourth-order valence-corrected chi connectivity index (χ4v) is 2.15. The molecule has 0 spiro atoms. The van der Waals surface area contributed by atoms with E-state index in [1.165, 1.54) is 13.3 Å². The van der Waals surface area contributed by atoms with Crippen molar-refractivity contribution in [1.82, 2.24) is 9.97 Å². The maximum atomic E-state index is 6.13. The molecule has 1 aromatic heterocycles. The quantitative estimate of drug-likeness (QED) is 0.915. The summed E-state index contributed by atoms with van der Waals surface area (Å²) in [6.45, 7) is 1.20. The van der Waals surface area contributed by atoms with Gasteiger partial charge in [0.15, 0.2) is 5.82 Å². The van der Waals surface area contributed by atoms with Gasteiger partial charge >= 0.3 is 6.01 Å². The zero-order valence-electron chi connectivity index (χ0n) is 11.5. The number of nitrogens with zero attached hydrogens (tertiary/aromatic N) is 3. The molecule has 106 valence electrons. The standard InChI is InChI=1S/C14H17ClN4O/c1-19(9-11-5-3-4-10(6-11)7-16)13-12(15)8-17-14(18-13)20-2/h3-6,8H,7,9,16H2,1-2H3. The maximum absolute atomic E-state index is 6.13. The van der Waals surface area contributed by atoms with Crippen LogP contribution in [0, 0.1) is 0 Å². The van der Waals surface area contributed by atoms with Crippen LogP contribution < -0.4 is 15.4 Å². The number of hydrogen-bond acceptors (Lipinski definition) is 5. The minimum atomic E-state index is 0.298. The fraction of sp³-hybridized carbons (Fsp3) is 0.286. The van der Waals surface area contributed by atoms with Crippen molar-refractivity contribution in [2.24, 2.45) is 5.73 Å². The molecule has 6 heteroatoms. The summed E-state index contributed by atoms with van der Waals surface area (Å²) in [7, 11) is 3.44. The molecule has 2 aromatic rings. The molecular weight excluding hydrogens is 276 g/mol. The molecule has 2 rings (SSSR count). The molecule has 5 nitrogen and oxygen atoms in total. The van der Waals surface area contributed by atoms with Crippen molar-refractivity contribution in [3.63, 3.8) is 0 Å². The van der Waals surface area contributed by atoms with Crippen molar-refractivity contribution in [2.45, 2.75) is 13.1 Å². The number of methoxy groups -OCH3 is 1. The van der Waals surface area contributed by atoms with Crippen LogP contribution in [0.1, 0.15) is 11.1 Å². The summed E-state index contributed by atoms with van der Waals surface area (Å²) in [6.07, 6.45) is 1.54. The summed E-state index contributed by atoms with van der Waals surface area (Å²) in [5.74, 6) is 0.636. The number of hydrogen-bond donors (Lipinski definition) is 1. The first-order valence-electron chi connectivity index (χ1n) is 6.19. The van der Waals surface area contributed by atoms with Crippen molar-refractivity contribution in [3.8, 4) is 6.01 Å². The summed E-state index contributed by atoms with van der Waals surface area (Å²) in [6, 6.07) is 8.41. The lowest BCUT2D eigenvalue weighted by Crippen LogP contribution is -2.18. The van der Waals surface area contributed by atoms with E-state index in [9.17, 15) is 0 Å². The van der Waals surface area contributed by atoms with Crippen LogP contribution in [0.25, 0.3) is 0 Å². The average Bonchev–Trinajstić information content (AvgIpc) is 2.47. The third-order valence-corrected chi connectivity index (χ3v) is 3.16. The molecule has 0 aliphatic rings. The lowest BCUT2D eigenvalue weighted by Gasteiger charge is -2.19. The van der Waals surface area contributed by atoms with Crippen LogP contribution in [-0.2, 0) is 13.1 Å². The summed E-state index contributed by atoms with van der Waals surface area (Å²) in [4.78, 5) is 10.2. The maximum Gasteiger partial charge on any atom is 0.318 e. The Bertz CT molecular complexity index is 591. The van der Waals surface area contributed by atoms with E-state index in [1.54, 1.807) is 0 Å². The zero-order valence-corrected chi connectivity index (χ0v) is 12.3. The van der Waals surface area contributed by atoms with Gasteiger partial charge in [-0.25, -0.2) is 4.98 Å². The summed E-state index contributed by atoms with van der Waals surface area (Å²) in [5, 5.41) is 0.489. The van der Waals surface area contributed by atoms with E-state index in [0.717, 1.165) is 11.1 Å². The molecule has 0 saturated carbocycles. The highest BCUT2D eigenvalue weighted by Gasteiger charge is 2.11. The average molecular weight is 293 g/mol. The second-order valence-corrected chi connectivity index (χ2v) is 4.82. The highest BCUT2D eigenvalue weighted by molar-refractivity contribution is 6.32. The molecule has 0 atom stereocenters. The summed E-state index contributed by atoms with van der Waals surface area (Å²) >= 11 is 6.13. The molecule has 0 unspecified atom stereocenters. The van der Waals surface area contributed by atoms with Crippen LogP contribution in [-0.4, -0.2) is 24.1 Å². The Kier molecular flexibility index (Phi) is 4.76. The van der Waals surface area contributed by atoms with Crippen LogP contribution in [0.4, 0.5) is 5.82 Å². The van der Waals surface area contributed by atoms with Gasteiger partial charge in [-0.1, -0.05) is 35.9 Å². The molecule has 0 bridgehead atoms. The molecule has 20 heavy (non-hydrogen) atoms. The van der Waals surface area contributed by atoms with E-state index in [0.29, 0.717) is 29.9 Å². The predicted octanol–water partition coefficient (Wildman–Crippen LogP) is 2.23. The zero-order chi connectivity index (χ0) is 14.5. The van der Waals surface area contributed by atoms with Gasteiger partial charge in [0.1, 0.15) is 5.02 Å². The van der Waals surface area contributed by atoms with Gasteiger partial charge in [-0.3, -0.25) is 0 Å². The smallest absolute Gasteiger partial charge is 0.318 e. The number of anilines is 1. The molecule has 0 saturated heterocycles. The molecule has 0 aliphatic carbocycles. The Balaban J connectivity index is 2.20. The Hall–Kier alpha value is -1.85. The van der Waals surface area contributed by atoms with Crippen LogP contribution >= 0.6 is 11.6 Å². The molecule has 1 heterocycles. The van der Waals surface area contributed by atoms with Crippen molar-refractivity contribution in [1.29, 1.82) is 0 Å². The number of nitrogens with two attached hydrogens (primary N) is 1. The van der Waals surface area contributed by atoms with Crippen molar-refractivity contribution >= 4 is 17.4 Å². The number of benzene rings is 1. The molecule has 0 amide bonds. The van der Waals surface area contributed by atoms with Gasteiger partial charge < -0.3 is 15.4 Å². The van der Waals surface area contributed by atoms with Crippen molar-refractivity contribution < 1.29 is 4.74 Å². The van der Waals surface area contributed by atoms with E-state index in [1.807, 2.05) is 30.1 Å². The van der Waals surface area contributed by atoms with Gasteiger partial charge in [-0.2, -0.15) is 4.98 Å². The van der Waals surface area contributed by atoms with E-state index >= 15 is 0 Å². The fourth-order valence-electron chi connectivity index (χ4n) is 1.91. The Labute approximate surface area is 123 Å². The lowest BCUT2D eigenvalue weighted by molar-refractivity contribution is 0.380. The Morgan fingerprint density at radius 1 is 1.35 bits per heavy atom. The Morgan fingerprint density at radius 3 is 2.80 bits per heavy atom. The van der Waals surface area contributed by atoms with Crippen molar-refractivity contribution in [2.75, 3.05) is 19.1 Å². The van der Waals surface area contributed by atoms with Crippen LogP contribution in [0.2, 0.25) is 5.02 Å². The minimum Gasteiger partial charge on any atom is -0.467 e. The van der Waals surface area contributed by atoms with E-state index < -0.39 is 0 Å². The van der Waals surface area contributed by atoms with Crippen LogP contribution in [0.3, 0.4) is 0 Å². The molecular formula is C14H17ClN4O. The van der Waals surface area contributed by atoms with Crippen molar-refractivity contribution in [3.05, 3.63) is 46.6 Å². The van der Waals surface area contributed by atoms with Gasteiger partial charge in [0.25, 0.3) is 0 Å². The lowest BCUT2D eigenvalue weighted by atomic mass is 10.1. The predicted molar refractivity (Wildman–Crippen MR) is 80.0 cm³/mol. The third-order valence-electron chi connectivity index (χ3n) is 2.89. The summed E-state index contributed by atoms with van der Waals surface area (Å²) < 4.78 is 5.02. The van der Waals surface area contributed by atoms with E-state index in [-0.39, 0.29) is 0 Å². The van der Waals surface area contributed by atoms with Crippen LogP contribution in [0.5, 0.6) is 6.01 Å². The second kappa shape index (κ2) is 6.54. The van der Waals surface area contributed by atoms with Gasteiger partial charge in [-0.05, 0) is 11.1 Å². The normalized spacial score (nSPS) is 10.4. The number of ether oxygens (including phenoxy) is 1. The summed E-state index contributed by atoms with van der Waals surface area (Å²) in [5.41, 5.74) is 7.89. The van der Waals surface area contributed by atoms with Gasteiger partial charge in [0, 0.05) is 20.1 Å². The van der Waals surface area contributed by atoms with Gasteiger partial charge in [-0.15, -0.1) is 0 Å². The number of rotatable bonds is 5. The monoisotopic (exact) mass is 292 g/mol. The van der Waals surface area contributed by atoms with E-state index in [4.69, 9.17) is 22.1 Å². The first-order valence-corrected chi connectivity index (χ1v) is 6.57. The Morgan fingerprint density at radius 2 is 2.10 bits per heavy atom. The highest BCUT2D eigenvalue weighted by atomic mass is 35.5. The van der Waals surface area contributed by atoms with E-state index in [2.05, 4.69) is 16.0 Å². The highest BCUT2D eigenvalue weighted by Crippen LogP contribution is 2.24. The molecule has 0 radical (unpaired) electrons. The molecule has 1 aromatic carbocycles. The first kappa shape index (κ1) is 14.6. The van der Waals surface area contributed by atoms with Gasteiger partial charge in [0.05, 0.1) is 13.3 Å². The number of aromatic nitrogens is 2. The SMILES string of the molecule is COc1ncc(Cl)c(N(C)Cc2cccc(CN)c2)n1. The minimum absolute atomic E-state index is 0.298. The van der Waals surface area contributed by atoms with Gasteiger partial charge in [0.2, 0.25) is 0 Å². The largest absolute Gasteiger partial charge is 0.467 e. The molecule has 0 fully saturated rings. The first-order chi connectivity index (χ1) is 9.63. The number of halogens is 1.